The van der Waals surface area contributed by atoms with Gasteiger partial charge in [-0.3, -0.25) is 9.67 Å². The first kappa shape index (κ1) is 27.8. The number of sulfonamides is 1. The molecule has 0 bridgehead atoms. The van der Waals surface area contributed by atoms with Crippen LogP contribution in [0.25, 0.3) is 11.3 Å². The van der Waals surface area contributed by atoms with Crippen LogP contribution in [-0.2, 0) is 23.5 Å². The molecule has 11 nitrogen and oxygen atoms in total. The third-order valence-electron chi connectivity index (χ3n) is 6.83. The summed E-state index contributed by atoms with van der Waals surface area (Å²) < 4.78 is 36.5. The van der Waals surface area contributed by atoms with Crippen molar-refractivity contribution in [2.45, 2.75) is 25.2 Å². The molecule has 1 aromatic carbocycles. The summed E-state index contributed by atoms with van der Waals surface area (Å²) in [7, 11) is -0.272. The predicted octanol–water partition coefficient (Wildman–Crippen LogP) is 4.14. The van der Waals surface area contributed by atoms with Gasteiger partial charge in [0, 0.05) is 62.9 Å². The van der Waals surface area contributed by atoms with E-state index >= 15 is 0 Å². The molecule has 210 valence electrons. The summed E-state index contributed by atoms with van der Waals surface area (Å²) in [6.07, 6.45) is 6.57. The Morgan fingerprint density at radius 3 is 2.52 bits per heavy atom. The molecule has 4 heterocycles. The Kier molecular flexibility index (Phi) is 7.92. The molecule has 1 fully saturated rings. The van der Waals surface area contributed by atoms with Gasteiger partial charge in [-0.1, -0.05) is 24.6 Å². The number of hydrogen-bond acceptors (Lipinski definition) is 9. The van der Waals surface area contributed by atoms with Gasteiger partial charge >= 0.3 is 0 Å². The van der Waals surface area contributed by atoms with Gasteiger partial charge in [0.1, 0.15) is 15.7 Å². The number of aryl methyl sites for hydroxylation is 2. The molecular weight excluding hydrogens is 552 g/mol. The second kappa shape index (κ2) is 11.4. The molecule has 0 atom stereocenters. The van der Waals surface area contributed by atoms with Gasteiger partial charge in [-0.2, -0.15) is 10.1 Å². The second-order valence-corrected chi connectivity index (χ2v) is 11.7. The predicted molar refractivity (Wildman–Crippen MR) is 155 cm³/mol. The van der Waals surface area contributed by atoms with E-state index in [0.29, 0.717) is 28.5 Å². The number of aromatic nitrogens is 5. The highest BCUT2D eigenvalue weighted by molar-refractivity contribution is 7.92. The van der Waals surface area contributed by atoms with Crippen LogP contribution in [-0.4, -0.2) is 71.3 Å². The maximum absolute atomic E-state index is 13.1. The number of pyridine rings is 1. The fourth-order valence-corrected chi connectivity index (χ4v) is 5.75. The molecule has 1 saturated heterocycles. The van der Waals surface area contributed by atoms with Crippen molar-refractivity contribution >= 4 is 33.3 Å². The van der Waals surface area contributed by atoms with Crippen molar-refractivity contribution in [3.05, 3.63) is 65.2 Å². The van der Waals surface area contributed by atoms with Crippen molar-refractivity contribution in [3.63, 3.8) is 0 Å². The van der Waals surface area contributed by atoms with E-state index in [-0.39, 0.29) is 16.7 Å². The van der Waals surface area contributed by atoms with Gasteiger partial charge in [-0.05, 0) is 44.2 Å². The summed E-state index contributed by atoms with van der Waals surface area (Å²) in [6.45, 7) is 7.46. The zero-order valence-corrected chi connectivity index (χ0v) is 24.4. The van der Waals surface area contributed by atoms with Crippen LogP contribution in [0.2, 0.25) is 5.02 Å². The third kappa shape index (κ3) is 5.74. The van der Waals surface area contributed by atoms with Crippen molar-refractivity contribution in [3.8, 4) is 22.9 Å². The monoisotopic (exact) mass is 582 g/mol. The summed E-state index contributed by atoms with van der Waals surface area (Å²) in [5.74, 6) is 0.485. The smallest absolute Gasteiger partial charge is 0.267 e. The van der Waals surface area contributed by atoms with E-state index in [4.69, 9.17) is 16.3 Å². The molecule has 0 amide bonds. The largest absolute Gasteiger partial charge is 0.437 e. The normalized spacial score (nSPS) is 14.4. The molecule has 40 heavy (non-hydrogen) atoms. The molecule has 0 saturated carbocycles. The van der Waals surface area contributed by atoms with Crippen LogP contribution in [0.4, 0.5) is 11.6 Å². The molecule has 1 aliphatic heterocycles. The number of nitrogens with zero attached hydrogens (tertiary/aromatic N) is 7. The minimum atomic E-state index is -4.01. The van der Waals surface area contributed by atoms with Gasteiger partial charge in [0.15, 0.2) is 0 Å². The second-order valence-electron chi connectivity index (χ2n) is 9.66. The zero-order chi connectivity index (χ0) is 28.4. The van der Waals surface area contributed by atoms with Crippen molar-refractivity contribution in [1.82, 2.24) is 29.6 Å². The molecule has 3 aromatic heterocycles. The van der Waals surface area contributed by atoms with Crippen molar-refractivity contribution < 1.29 is 13.2 Å². The van der Waals surface area contributed by atoms with Crippen LogP contribution < -0.4 is 14.4 Å². The van der Waals surface area contributed by atoms with Crippen molar-refractivity contribution in [2.24, 2.45) is 7.05 Å². The van der Waals surface area contributed by atoms with E-state index in [1.54, 1.807) is 25.5 Å². The van der Waals surface area contributed by atoms with E-state index in [1.165, 1.54) is 17.1 Å². The number of benzene rings is 1. The maximum atomic E-state index is 13.1. The van der Waals surface area contributed by atoms with Gasteiger partial charge in [0.05, 0.1) is 17.6 Å². The topological polar surface area (TPSA) is 118 Å². The van der Waals surface area contributed by atoms with Gasteiger partial charge in [0.2, 0.25) is 11.8 Å². The first-order valence-electron chi connectivity index (χ1n) is 12.9. The number of anilines is 2. The Bertz CT molecular complexity index is 1630. The molecule has 0 radical (unpaired) electrons. The molecule has 0 aliphatic carbocycles. The molecule has 5 rings (SSSR count). The summed E-state index contributed by atoms with van der Waals surface area (Å²) in [4.78, 5) is 17.9. The Morgan fingerprint density at radius 2 is 1.85 bits per heavy atom. The van der Waals surface area contributed by atoms with Crippen LogP contribution in [0.5, 0.6) is 11.6 Å². The lowest BCUT2D eigenvalue weighted by Gasteiger charge is -2.34. The number of nitrogens with one attached hydrogen (secondary N) is 1. The lowest BCUT2D eigenvalue weighted by molar-refractivity contribution is 0.313. The third-order valence-corrected chi connectivity index (χ3v) is 8.49. The minimum absolute atomic E-state index is 0.0114. The SMILES string of the molecule is CCc1c(Oc2cccc(N3CCN(C)CC3)c2Cl)nc(NS(=O)(=O)c2cnn(C)c2)nc1-c1cnccc1C. The van der Waals surface area contributed by atoms with Crippen LogP contribution in [0.15, 0.2) is 53.9 Å². The van der Waals surface area contributed by atoms with Gasteiger partial charge in [0.25, 0.3) is 10.0 Å². The fraction of sp³-hybridized carbons (Fsp3) is 0.333. The number of piperazine rings is 1. The van der Waals surface area contributed by atoms with Crippen molar-refractivity contribution in [1.29, 1.82) is 0 Å². The highest BCUT2D eigenvalue weighted by Crippen LogP contribution is 2.40. The molecular formula is C27H31ClN8O3S. The molecule has 0 unspecified atom stereocenters. The molecule has 1 N–H and O–H groups in total. The van der Waals surface area contributed by atoms with E-state index < -0.39 is 10.0 Å². The lowest BCUT2D eigenvalue weighted by atomic mass is 10.0. The highest BCUT2D eigenvalue weighted by atomic mass is 35.5. The number of ether oxygens (including phenoxy) is 1. The Balaban J connectivity index is 1.59. The fourth-order valence-electron chi connectivity index (χ4n) is 4.54. The van der Waals surface area contributed by atoms with Gasteiger partial charge in [-0.25, -0.2) is 18.1 Å². The highest BCUT2D eigenvalue weighted by Gasteiger charge is 2.24. The Hall–Kier alpha value is -3.74. The Morgan fingerprint density at radius 1 is 1.07 bits per heavy atom. The quantitative estimate of drug-likeness (QED) is 0.327. The lowest BCUT2D eigenvalue weighted by Crippen LogP contribution is -2.44. The molecule has 13 heteroatoms. The van der Waals surface area contributed by atoms with Crippen LogP contribution >= 0.6 is 11.6 Å². The summed E-state index contributed by atoms with van der Waals surface area (Å²) in [6, 6.07) is 7.50. The standard InChI is InChI=1S/C27H31ClN8O3S/c1-5-20-25(21-16-29-10-9-18(21)2)31-27(33-40(37,38)19-15-30-35(4)17-19)32-26(20)39-23-8-6-7-22(24(23)28)36-13-11-34(3)12-14-36/h6-10,15-17H,5,11-14H2,1-4H3,(H,31,32,33). The zero-order valence-electron chi connectivity index (χ0n) is 22.8. The van der Waals surface area contributed by atoms with E-state index in [0.717, 1.165) is 43.0 Å². The summed E-state index contributed by atoms with van der Waals surface area (Å²) in [5, 5.41) is 4.43. The first-order valence-corrected chi connectivity index (χ1v) is 14.8. The van der Waals surface area contributed by atoms with Gasteiger partial charge in [-0.15, -0.1) is 0 Å². The summed E-state index contributed by atoms with van der Waals surface area (Å²) in [5.41, 5.74) is 3.76. The van der Waals surface area contributed by atoms with Crippen LogP contribution in [0.3, 0.4) is 0 Å². The average molecular weight is 583 g/mol. The number of halogens is 1. The van der Waals surface area contributed by atoms with Gasteiger partial charge < -0.3 is 14.5 Å². The average Bonchev–Trinajstić information content (AvgIpc) is 3.38. The van der Waals surface area contributed by atoms with Crippen LogP contribution in [0.1, 0.15) is 18.1 Å². The number of hydrogen-bond donors (Lipinski definition) is 1. The van der Waals surface area contributed by atoms with E-state index in [1.807, 2.05) is 32.0 Å². The van der Waals surface area contributed by atoms with E-state index in [2.05, 4.69) is 41.6 Å². The first-order chi connectivity index (χ1) is 19.2. The van der Waals surface area contributed by atoms with Crippen LogP contribution in [0, 0.1) is 6.92 Å². The minimum Gasteiger partial charge on any atom is -0.437 e. The maximum Gasteiger partial charge on any atom is 0.267 e. The molecule has 4 aromatic rings. The molecule has 0 spiro atoms. The van der Waals surface area contributed by atoms with Crippen molar-refractivity contribution in [2.75, 3.05) is 42.8 Å². The summed E-state index contributed by atoms with van der Waals surface area (Å²) >= 11 is 6.88. The number of likely N-dealkylation sites (N-methyl/N-ethyl adjacent to an activating group) is 1. The van der Waals surface area contributed by atoms with E-state index in [9.17, 15) is 8.42 Å². The Labute approximate surface area is 238 Å². The molecule has 1 aliphatic rings. The number of rotatable bonds is 8.